The first-order valence-electron chi connectivity index (χ1n) is 10.9. The molecule has 3 rings (SSSR count). The third kappa shape index (κ3) is 5.05. The molecular formula is C26H33NO3. The Hall–Kier alpha value is -2.75. The molecule has 4 nitrogen and oxygen atoms in total. The van der Waals surface area contributed by atoms with Gasteiger partial charge in [0.15, 0.2) is 0 Å². The number of benzene rings is 2. The van der Waals surface area contributed by atoms with Gasteiger partial charge in [-0.15, -0.1) is 0 Å². The fraction of sp³-hybridized carbons (Fsp3) is 0.423. The van der Waals surface area contributed by atoms with Crippen molar-refractivity contribution in [2.45, 2.75) is 65.2 Å². The van der Waals surface area contributed by atoms with Gasteiger partial charge < -0.3 is 15.2 Å². The molecule has 0 aliphatic heterocycles. The van der Waals surface area contributed by atoms with E-state index in [0.717, 1.165) is 30.0 Å². The Labute approximate surface area is 180 Å². The van der Waals surface area contributed by atoms with Crippen LogP contribution in [0.15, 0.2) is 42.5 Å². The summed E-state index contributed by atoms with van der Waals surface area (Å²) in [5, 5.41) is 12.6. The smallest absolute Gasteiger partial charge is 0.335 e. The standard InChI is InChI=1S/C26H33NO3/c1-5-6-7-8-15-30-24-17-22-21(18(2)13-14-26(22,3)4)16-23(24)27-20-11-9-19(10-12-20)25(28)29/h9-13,16-17,27H,5-8,14-15H2,1-4H3,(H,28,29). The van der Waals surface area contributed by atoms with E-state index in [9.17, 15) is 4.79 Å². The summed E-state index contributed by atoms with van der Waals surface area (Å²) in [6.45, 7) is 9.61. The van der Waals surface area contributed by atoms with Crippen LogP contribution >= 0.6 is 0 Å². The third-order valence-corrected chi connectivity index (χ3v) is 5.86. The van der Waals surface area contributed by atoms with E-state index in [2.05, 4.69) is 51.2 Å². The summed E-state index contributed by atoms with van der Waals surface area (Å²) in [5.41, 5.74) is 5.94. The zero-order valence-electron chi connectivity index (χ0n) is 18.5. The molecule has 0 unspecified atom stereocenters. The lowest BCUT2D eigenvalue weighted by atomic mass is 9.73. The van der Waals surface area contributed by atoms with E-state index in [4.69, 9.17) is 9.84 Å². The molecule has 0 aromatic heterocycles. The zero-order valence-corrected chi connectivity index (χ0v) is 18.5. The van der Waals surface area contributed by atoms with Crippen LogP contribution in [0.3, 0.4) is 0 Å². The number of carboxylic acids is 1. The molecule has 4 heteroatoms. The Morgan fingerprint density at radius 3 is 2.53 bits per heavy atom. The molecule has 0 radical (unpaired) electrons. The van der Waals surface area contributed by atoms with E-state index in [1.165, 1.54) is 36.0 Å². The molecule has 0 atom stereocenters. The minimum Gasteiger partial charge on any atom is -0.491 e. The number of rotatable bonds is 9. The van der Waals surface area contributed by atoms with Crippen molar-refractivity contribution in [3.8, 4) is 5.75 Å². The maximum absolute atomic E-state index is 11.1. The van der Waals surface area contributed by atoms with Crippen LogP contribution in [0.1, 0.15) is 81.3 Å². The monoisotopic (exact) mass is 407 g/mol. The lowest BCUT2D eigenvalue weighted by Crippen LogP contribution is -2.21. The minimum atomic E-state index is -0.922. The maximum atomic E-state index is 11.1. The third-order valence-electron chi connectivity index (χ3n) is 5.86. The summed E-state index contributed by atoms with van der Waals surface area (Å²) in [6, 6.07) is 11.2. The molecule has 0 spiro atoms. The van der Waals surface area contributed by atoms with Crippen molar-refractivity contribution in [1.82, 2.24) is 0 Å². The molecule has 1 aliphatic carbocycles. The predicted octanol–water partition coefficient (Wildman–Crippen LogP) is 7.17. The fourth-order valence-electron chi connectivity index (χ4n) is 3.87. The largest absolute Gasteiger partial charge is 0.491 e. The highest BCUT2D eigenvalue weighted by Crippen LogP contribution is 2.43. The molecule has 2 N–H and O–H groups in total. The van der Waals surface area contributed by atoms with Crippen LogP contribution in [0.2, 0.25) is 0 Å². The Morgan fingerprint density at radius 1 is 1.13 bits per heavy atom. The van der Waals surface area contributed by atoms with Crippen molar-refractivity contribution in [3.05, 3.63) is 59.2 Å². The predicted molar refractivity (Wildman–Crippen MR) is 124 cm³/mol. The summed E-state index contributed by atoms with van der Waals surface area (Å²) in [5.74, 6) is -0.0650. The molecule has 2 aromatic carbocycles. The van der Waals surface area contributed by atoms with Gasteiger partial charge in [-0.3, -0.25) is 0 Å². The summed E-state index contributed by atoms with van der Waals surface area (Å²) in [7, 11) is 0. The molecule has 30 heavy (non-hydrogen) atoms. The highest BCUT2D eigenvalue weighted by molar-refractivity contribution is 5.88. The molecular weight excluding hydrogens is 374 g/mol. The quantitative estimate of drug-likeness (QED) is 0.433. The topological polar surface area (TPSA) is 58.6 Å². The van der Waals surface area contributed by atoms with Crippen molar-refractivity contribution < 1.29 is 14.6 Å². The van der Waals surface area contributed by atoms with Gasteiger partial charge in [0.1, 0.15) is 5.75 Å². The van der Waals surface area contributed by atoms with E-state index >= 15 is 0 Å². The molecule has 0 saturated heterocycles. The van der Waals surface area contributed by atoms with Crippen LogP contribution in [0, 0.1) is 0 Å². The zero-order chi connectivity index (χ0) is 21.7. The van der Waals surface area contributed by atoms with Crippen molar-refractivity contribution >= 4 is 22.9 Å². The van der Waals surface area contributed by atoms with Gasteiger partial charge in [-0.05, 0) is 78.3 Å². The van der Waals surface area contributed by atoms with Crippen molar-refractivity contribution in [1.29, 1.82) is 0 Å². The number of nitrogens with one attached hydrogen (secondary N) is 1. The van der Waals surface area contributed by atoms with E-state index in [0.29, 0.717) is 6.61 Å². The number of anilines is 2. The number of carboxylic acid groups (broad SMARTS) is 1. The van der Waals surface area contributed by atoms with E-state index in [-0.39, 0.29) is 11.0 Å². The second kappa shape index (κ2) is 9.38. The Morgan fingerprint density at radius 2 is 1.87 bits per heavy atom. The SMILES string of the molecule is CCCCCCOc1cc2c(cc1Nc1ccc(C(=O)O)cc1)C(C)=CCC2(C)C. The van der Waals surface area contributed by atoms with Gasteiger partial charge in [-0.25, -0.2) is 4.79 Å². The molecule has 0 bridgehead atoms. The van der Waals surface area contributed by atoms with Gasteiger partial charge in [0, 0.05) is 5.69 Å². The van der Waals surface area contributed by atoms with Gasteiger partial charge >= 0.3 is 5.97 Å². The fourth-order valence-corrected chi connectivity index (χ4v) is 3.87. The average molecular weight is 408 g/mol. The summed E-state index contributed by atoms with van der Waals surface area (Å²) < 4.78 is 6.24. The van der Waals surface area contributed by atoms with Gasteiger partial charge in [0.05, 0.1) is 17.9 Å². The number of allylic oxidation sites excluding steroid dienone is 2. The van der Waals surface area contributed by atoms with Crippen LogP contribution in [-0.4, -0.2) is 17.7 Å². The molecule has 0 heterocycles. The number of fused-ring (bicyclic) bond motifs is 1. The number of hydrogen-bond donors (Lipinski definition) is 2. The second-order valence-electron chi connectivity index (χ2n) is 8.79. The molecule has 0 saturated carbocycles. The molecule has 0 fully saturated rings. The van der Waals surface area contributed by atoms with Gasteiger partial charge in [-0.2, -0.15) is 0 Å². The first-order valence-corrected chi connectivity index (χ1v) is 10.9. The Kier molecular flexibility index (Phi) is 6.86. The van der Waals surface area contributed by atoms with Gasteiger partial charge in [-0.1, -0.05) is 46.1 Å². The average Bonchev–Trinajstić information content (AvgIpc) is 2.72. The van der Waals surface area contributed by atoms with E-state index in [1.807, 2.05) is 0 Å². The normalized spacial score (nSPS) is 14.6. The lowest BCUT2D eigenvalue weighted by molar-refractivity contribution is 0.0697. The first kappa shape index (κ1) is 21.9. The number of unbranched alkanes of at least 4 members (excludes halogenated alkanes) is 3. The summed E-state index contributed by atoms with van der Waals surface area (Å²) in [4.78, 5) is 11.1. The molecule has 2 aromatic rings. The highest BCUT2D eigenvalue weighted by atomic mass is 16.5. The maximum Gasteiger partial charge on any atom is 0.335 e. The van der Waals surface area contributed by atoms with Crippen LogP contribution in [0.5, 0.6) is 5.75 Å². The van der Waals surface area contributed by atoms with E-state index in [1.54, 1.807) is 24.3 Å². The molecule has 160 valence electrons. The second-order valence-corrected chi connectivity index (χ2v) is 8.79. The van der Waals surface area contributed by atoms with Crippen LogP contribution in [0.4, 0.5) is 11.4 Å². The summed E-state index contributed by atoms with van der Waals surface area (Å²) >= 11 is 0. The van der Waals surface area contributed by atoms with Crippen molar-refractivity contribution in [3.63, 3.8) is 0 Å². The van der Waals surface area contributed by atoms with Gasteiger partial charge in [0.25, 0.3) is 0 Å². The molecule has 0 amide bonds. The number of ether oxygens (including phenoxy) is 1. The number of carbonyl (C=O) groups is 1. The number of aromatic carboxylic acids is 1. The van der Waals surface area contributed by atoms with Crippen molar-refractivity contribution in [2.75, 3.05) is 11.9 Å². The van der Waals surface area contributed by atoms with Crippen molar-refractivity contribution in [2.24, 2.45) is 0 Å². The van der Waals surface area contributed by atoms with Gasteiger partial charge in [0.2, 0.25) is 0 Å². The highest BCUT2D eigenvalue weighted by Gasteiger charge is 2.28. The van der Waals surface area contributed by atoms with E-state index < -0.39 is 5.97 Å². The molecule has 1 aliphatic rings. The summed E-state index contributed by atoms with van der Waals surface area (Å²) in [6.07, 6.45) is 7.97. The first-order chi connectivity index (χ1) is 14.3. The Balaban J connectivity index is 1.91. The van der Waals surface area contributed by atoms with Crippen LogP contribution < -0.4 is 10.1 Å². The van der Waals surface area contributed by atoms with Crippen LogP contribution in [0.25, 0.3) is 5.57 Å². The lowest BCUT2D eigenvalue weighted by Gasteiger charge is -2.32. The Bertz CT molecular complexity index is 926. The van der Waals surface area contributed by atoms with Crippen LogP contribution in [-0.2, 0) is 5.41 Å². The number of hydrogen-bond acceptors (Lipinski definition) is 3. The minimum absolute atomic E-state index is 0.0663.